The minimum absolute atomic E-state index is 0.0800. The molecule has 1 aromatic carbocycles. The Morgan fingerprint density at radius 1 is 0.895 bits per heavy atom. The third-order valence-electron chi connectivity index (χ3n) is 11.4. The molecule has 57 heavy (non-hydrogen) atoms. The van der Waals surface area contributed by atoms with E-state index in [1.54, 1.807) is 31.3 Å². The van der Waals surface area contributed by atoms with Crippen LogP contribution in [0.3, 0.4) is 0 Å². The van der Waals surface area contributed by atoms with Crippen LogP contribution in [0.5, 0.6) is 0 Å². The molecule has 5 heterocycles. The quantitative estimate of drug-likeness (QED) is 0.348. The van der Waals surface area contributed by atoms with Crippen LogP contribution in [0.25, 0.3) is 0 Å². The van der Waals surface area contributed by atoms with Crippen molar-refractivity contribution in [1.29, 1.82) is 0 Å². The number of carbonyl (C=O) groups is 7. The van der Waals surface area contributed by atoms with Crippen LogP contribution < -0.4 is 16.0 Å². The van der Waals surface area contributed by atoms with Gasteiger partial charge in [0.15, 0.2) is 0 Å². The molecule has 6 amide bonds. The van der Waals surface area contributed by atoms with Crippen LogP contribution >= 0.6 is 0 Å². The highest BCUT2D eigenvalue weighted by Gasteiger charge is 2.47. The third kappa shape index (κ3) is 9.59. The lowest BCUT2D eigenvalue weighted by Gasteiger charge is -2.39. The molecule has 0 saturated carbocycles. The molecule has 4 aliphatic heterocycles. The first-order valence-electron chi connectivity index (χ1n) is 19.9. The molecule has 4 saturated heterocycles. The van der Waals surface area contributed by atoms with Gasteiger partial charge in [-0.3, -0.25) is 33.8 Å². The SMILES string of the molecule is Cc1ccc(CC(=O)N[C@@H](Cc2cccc(F)c2)C(=O)N[C@@H]2C(=O)N3CCC[C@H]3C(=O)N3CCCC[C@H]3C(=O)N[C@@H](C)C(=O)N3C[C@H](C)C[C@H]3C(=O)O[C@H]2C)cn1. The van der Waals surface area contributed by atoms with Gasteiger partial charge in [-0.05, 0) is 94.5 Å². The van der Waals surface area contributed by atoms with Crippen LogP contribution in [0.1, 0.15) is 76.1 Å². The van der Waals surface area contributed by atoms with Crippen LogP contribution in [-0.2, 0) is 51.1 Å². The van der Waals surface area contributed by atoms with E-state index in [-0.39, 0.29) is 44.8 Å². The molecule has 1 aromatic heterocycles. The molecular weight excluding hydrogens is 737 g/mol. The fraction of sp³-hybridized carbons (Fsp3) is 0.561. The Hall–Kier alpha value is -5.41. The number of esters is 1. The van der Waals surface area contributed by atoms with Crippen LogP contribution in [0.4, 0.5) is 4.39 Å². The van der Waals surface area contributed by atoms with E-state index in [1.165, 1.54) is 39.8 Å². The first-order chi connectivity index (χ1) is 27.2. The average molecular weight is 790 g/mol. The van der Waals surface area contributed by atoms with Crippen molar-refractivity contribution in [2.24, 2.45) is 5.92 Å². The van der Waals surface area contributed by atoms with Crippen LogP contribution in [0.2, 0.25) is 0 Å². The molecule has 8 atom stereocenters. The number of nitrogens with one attached hydrogen (secondary N) is 3. The molecule has 0 radical (unpaired) electrons. The fourth-order valence-corrected chi connectivity index (χ4v) is 8.36. The number of nitrogens with zero attached hydrogens (tertiary/aromatic N) is 4. The second-order valence-corrected chi connectivity index (χ2v) is 15.9. The van der Waals surface area contributed by atoms with Crippen LogP contribution in [0.15, 0.2) is 42.6 Å². The van der Waals surface area contributed by atoms with Crippen molar-refractivity contribution in [2.75, 3.05) is 19.6 Å². The molecule has 16 heteroatoms. The van der Waals surface area contributed by atoms with E-state index < -0.39 is 89.6 Å². The molecule has 15 nitrogen and oxygen atoms in total. The number of hydrogen-bond acceptors (Lipinski definition) is 9. The number of aromatic nitrogens is 1. The predicted molar refractivity (Wildman–Crippen MR) is 203 cm³/mol. The molecular formula is C41H52FN7O8. The molecule has 4 aliphatic rings. The van der Waals surface area contributed by atoms with E-state index in [0.717, 1.165) is 5.69 Å². The maximum atomic E-state index is 14.7. The lowest BCUT2D eigenvalue weighted by Crippen LogP contribution is -2.63. The number of ether oxygens (including phenoxy) is 1. The first kappa shape index (κ1) is 41.2. The zero-order valence-corrected chi connectivity index (χ0v) is 32.9. The van der Waals surface area contributed by atoms with E-state index in [2.05, 4.69) is 20.9 Å². The summed E-state index contributed by atoms with van der Waals surface area (Å²) in [5.74, 6) is -4.82. The van der Waals surface area contributed by atoms with Gasteiger partial charge < -0.3 is 35.4 Å². The standard InChI is InChI=1S/C41H52FN7O8/c1-23-17-33-41(56)57-26(4)35(46-36(51)30(19-27-9-7-10-29(42)18-27)45-34(50)20-28-14-13-24(2)43-21-28)40(55)48-16-8-12-32(48)39(54)47-15-6-5-11-31(47)37(52)44-25(3)38(53)49(33)22-23/h7,9-10,13-14,18,21,23,25-26,30-33,35H,5-6,8,11-12,15-17,19-20,22H2,1-4H3,(H,44,52)(H,45,50)(H,46,51)/t23-,25+,26+,30+,31+,32+,33+,35+/m1/s1. The Kier molecular flexibility index (Phi) is 12.9. The minimum atomic E-state index is -1.53. The van der Waals surface area contributed by atoms with Gasteiger partial charge in [-0.2, -0.15) is 0 Å². The maximum Gasteiger partial charge on any atom is 0.329 e. The van der Waals surface area contributed by atoms with Crippen molar-refractivity contribution < 1.29 is 42.7 Å². The molecule has 4 fully saturated rings. The maximum absolute atomic E-state index is 14.7. The normalized spacial score (nSPS) is 27.8. The van der Waals surface area contributed by atoms with Crippen molar-refractivity contribution in [1.82, 2.24) is 35.6 Å². The molecule has 0 aliphatic carbocycles. The Morgan fingerprint density at radius 3 is 2.37 bits per heavy atom. The number of pyridine rings is 1. The van der Waals surface area contributed by atoms with Crippen molar-refractivity contribution in [2.45, 2.75) is 121 Å². The molecule has 0 spiro atoms. The van der Waals surface area contributed by atoms with Crippen molar-refractivity contribution in [3.05, 3.63) is 65.2 Å². The van der Waals surface area contributed by atoms with E-state index in [4.69, 9.17) is 4.74 Å². The Bertz CT molecular complexity index is 1880. The molecule has 6 rings (SSSR count). The Balaban J connectivity index is 1.33. The number of piperidine rings is 1. The smallest absolute Gasteiger partial charge is 0.329 e. The Morgan fingerprint density at radius 2 is 1.63 bits per heavy atom. The van der Waals surface area contributed by atoms with E-state index in [1.807, 2.05) is 13.8 Å². The minimum Gasteiger partial charge on any atom is -0.458 e. The number of cyclic esters (lactones) is 1. The number of hydrogen-bond donors (Lipinski definition) is 3. The number of rotatable bonds is 7. The second-order valence-electron chi connectivity index (χ2n) is 15.9. The number of carbonyl (C=O) groups excluding carboxylic acids is 7. The summed E-state index contributed by atoms with van der Waals surface area (Å²) in [5, 5.41) is 8.24. The molecule has 0 unspecified atom stereocenters. The molecule has 3 N–H and O–H groups in total. The zero-order chi connectivity index (χ0) is 41.0. The van der Waals surface area contributed by atoms with Gasteiger partial charge >= 0.3 is 5.97 Å². The third-order valence-corrected chi connectivity index (χ3v) is 11.4. The summed E-state index contributed by atoms with van der Waals surface area (Å²) in [6.45, 7) is 7.39. The molecule has 2 aromatic rings. The summed E-state index contributed by atoms with van der Waals surface area (Å²) < 4.78 is 20.2. The van der Waals surface area contributed by atoms with Crippen LogP contribution in [0, 0.1) is 18.7 Å². The average Bonchev–Trinajstić information content (AvgIpc) is 3.83. The van der Waals surface area contributed by atoms with Gasteiger partial charge in [0.2, 0.25) is 35.4 Å². The van der Waals surface area contributed by atoms with Gasteiger partial charge in [-0.25, -0.2) is 9.18 Å². The highest BCUT2D eigenvalue weighted by Crippen LogP contribution is 2.29. The van der Waals surface area contributed by atoms with E-state index in [9.17, 15) is 38.0 Å². The molecule has 306 valence electrons. The summed E-state index contributed by atoms with van der Waals surface area (Å²) in [4.78, 5) is 107. The summed E-state index contributed by atoms with van der Waals surface area (Å²) in [5.41, 5.74) is 1.75. The first-order valence-corrected chi connectivity index (χ1v) is 19.9. The second kappa shape index (κ2) is 17.8. The summed E-state index contributed by atoms with van der Waals surface area (Å²) in [7, 11) is 0. The Labute approximate surface area is 331 Å². The van der Waals surface area contributed by atoms with Crippen molar-refractivity contribution in [3.8, 4) is 0 Å². The number of halogens is 1. The van der Waals surface area contributed by atoms with Gasteiger partial charge in [-0.1, -0.05) is 25.1 Å². The summed E-state index contributed by atoms with van der Waals surface area (Å²) in [6.07, 6.45) is 2.77. The number of benzene rings is 1. The number of fused-ring (bicyclic) bond motifs is 3. The van der Waals surface area contributed by atoms with Gasteiger partial charge in [0.25, 0.3) is 0 Å². The van der Waals surface area contributed by atoms with Gasteiger partial charge in [-0.15, -0.1) is 0 Å². The number of amides is 6. The molecule has 0 bridgehead atoms. The lowest BCUT2D eigenvalue weighted by molar-refractivity contribution is -0.163. The van der Waals surface area contributed by atoms with Gasteiger partial charge in [0.1, 0.15) is 48.2 Å². The van der Waals surface area contributed by atoms with E-state index >= 15 is 0 Å². The fourth-order valence-electron chi connectivity index (χ4n) is 8.36. The lowest BCUT2D eigenvalue weighted by atomic mass is 9.99. The van der Waals surface area contributed by atoms with Gasteiger partial charge in [0.05, 0.1) is 6.42 Å². The van der Waals surface area contributed by atoms with Crippen molar-refractivity contribution >= 4 is 41.4 Å². The van der Waals surface area contributed by atoms with E-state index in [0.29, 0.717) is 43.2 Å². The summed E-state index contributed by atoms with van der Waals surface area (Å²) in [6, 6.07) is 2.40. The summed E-state index contributed by atoms with van der Waals surface area (Å²) >= 11 is 0. The predicted octanol–water partition coefficient (Wildman–Crippen LogP) is 1.34. The highest BCUT2D eigenvalue weighted by atomic mass is 19.1. The zero-order valence-electron chi connectivity index (χ0n) is 32.9. The topological polar surface area (TPSA) is 187 Å². The van der Waals surface area contributed by atoms with Crippen LogP contribution in [-0.4, -0.2) is 123 Å². The number of aryl methyl sites for hydroxylation is 1. The van der Waals surface area contributed by atoms with Gasteiger partial charge in [0, 0.05) is 37.9 Å². The van der Waals surface area contributed by atoms with Crippen molar-refractivity contribution in [3.63, 3.8) is 0 Å². The largest absolute Gasteiger partial charge is 0.458 e. The highest BCUT2D eigenvalue weighted by molar-refractivity contribution is 5.98. The monoisotopic (exact) mass is 789 g/mol.